The van der Waals surface area contributed by atoms with Crippen molar-refractivity contribution in [3.8, 4) is 5.75 Å². The van der Waals surface area contributed by atoms with Gasteiger partial charge in [0.15, 0.2) is 0 Å². The molecule has 0 aliphatic carbocycles. The fourth-order valence-electron chi connectivity index (χ4n) is 1.69. The summed E-state index contributed by atoms with van der Waals surface area (Å²) in [7, 11) is 1.61. The fraction of sp³-hybridized carbons (Fsp3) is 0.538. The molecule has 1 aliphatic heterocycles. The predicted octanol–water partition coefficient (Wildman–Crippen LogP) is 1.75. The number of hydrogen-bond acceptors (Lipinski definition) is 4. The molecule has 94 valence electrons. The van der Waals surface area contributed by atoms with Gasteiger partial charge in [-0.1, -0.05) is 19.1 Å². The van der Waals surface area contributed by atoms with Gasteiger partial charge in [-0.3, -0.25) is 0 Å². The van der Waals surface area contributed by atoms with Crippen LogP contribution in [0, 0.1) is 5.41 Å². The van der Waals surface area contributed by atoms with Crippen LogP contribution < -0.4 is 10.2 Å². The summed E-state index contributed by atoms with van der Waals surface area (Å²) in [5.41, 5.74) is 4.13. The van der Waals surface area contributed by atoms with Crippen LogP contribution in [0.1, 0.15) is 12.5 Å². The van der Waals surface area contributed by atoms with E-state index in [2.05, 4.69) is 12.4 Å². The molecule has 0 aromatic heterocycles. The van der Waals surface area contributed by atoms with Crippen LogP contribution in [0.25, 0.3) is 0 Å². The molecule has 1 aromatic rings. The van der Waals surface area contributed by atoms with Gasteiger partial charge < -0.3 is 14.3 Å². The molecule has 1 aromatic carbocycles. The van der Waals surface area contributed by atoms with Crippen molar-refractivity contribution in [2.24, 2.45) is 5.41 Å². The van der Waals surface area contributed by atoms with Gasteiger partial charge in [0.1, 0.15) is 5.75 Å². The second-order valence-electron chi connectivity index (χ2n) is 4.76. The van der Waals surface area contributed by atoms with Crippen molar-refractivity contribution < 1.29 is 14.3 Å². The van der Waals surface area contributed by atoms with Crippen molar-refractivity contribution in [1.82, 2.24) is 5.48 Å². The van der Waals surface area contributed by atoms with Crippen molar-refractivity contribution in [1.29, 1.82) is 0 Å². The Morgan fingerprint density at radius 3 is 2.88 bits per heavy atom. The standard InChI is InChI=1S/C13H19NO3/c1-13(8-16-9-13)10-17-12-5-3-4-11(6-12)7-14-15-2/h3-6,14H,7-10H2,1-2H3. The molecule has 0 atom stereocenters. The third kappa shape index (κ3) is 3.43. The summed E-state index contributed by atoms with van der Waals surface area (Å²) in [5, 5.41) is 0. The first-order valence-electron chi connectivity index (χ1n) is 5.77. The molecular formula is C13H19NO3. The highest BCUT2D eigenvalue weighted by atomic mass is 16.6. The van der Waals surface area contributed by atoms with Crippen LogP contribution in [0.2, 0.25) is 0 Å². The maximum atomic E-state index is 5.78. The Hall–Kier alpha value is -1.10. The number of hydrogen-bond donors (Lipinski definition) is 1. The number of hydroxylamine groups is 1. The Kier molecular flexibility index (Phi) is 3.99. The molecule has 0 radical (unpaired) electrons. The highest BCUT2D eigenvalue weighted by molar-refractivity contribution is 5.28. The molecule has 2 rings (SSSR count). The Labute approximate surface area is 102 Å². The Morgan fingerprint density at radius 2 is 2.24 bits per heavy atom. The zero-order valence-electron chi connectivity index (χ0n) is 10.4. The Morgan fingerprint density at radius 1 is 1.41 bits per heavy atom. The third-order valence-electron chi connectivity index (χ3n) is 2.81. The first-order chi connectivity index (χ1) is 8.22. The minimum Gasteiger partial charge on any atom is -0.493 e. The summed E-state index contributed by atoms with van der Waals surface area (Å²) in [6.07, 6.45) is 0. The molecule has 1 saturated heterocycles. The van der Waals surface area contributed by atoms with E-state index in [4.69, 9.17) is 14.3 Å². The van der Waals surface area contributed by atoms with E-state index in [1.165, 1.54) is 0 Å². The molecule has 17 heavy (non-hydrogen) atoms. The summed E-state index contributed by atoms with van der Waals surface area (Å²) in [5.74, 6) is 0.897. The van der Waals surface area contributed by atoms with Crippen molar-refractivity contribution >= 4 is 0 Å². The normalized spacial score (nSPS) is 17.5. The smallest absolute Gasteiger partial charge is 0.119 e. The monoisotopic (exact) mass is 237 g/mol. The lowest BCUT2D eigenvalue weighted by molar-refractivity contribution is -0.120. The van der Waals surface area contributed by atoms with E-state index in [1.807, 2.05) is 24.3 Å². The van der Waals surface area contributed by atoms with Gasteiger partial charge >= 0.3 is 0 Å². The van der Waals surface area contributed by atoms with E-state index >= 15 is 0 Å². The first kappa shape index (κ1) is 12.4. The van der Waals surface area contributed by atoms with Crippen LogP contribution in [0.4, 0.5) is 0 Å². The number of nitrogens with one attached hydrogen (secondary N) is 1. The van der Waals surface area contributed by atoms with E-state index in [-0.39, 0.29) is 5.41 Å². The van der Waals surface area contributed by atoms with E-state index in [1.54, 1.807) is 7.11 Å². The second-order valence-corrected chi connectivity index (χ2v) is 4.76. The number of rotatable bonds is 6. The van der Waals surface area contributed by atoms with Gasteiger partial charge in [-0.05, 0) is 17.7 Å². The molecule has 1 N–H and O–H groups in total. The van der Waals surface area contributed by atoms with Crippen molar-refractivity contribution in [3.05, 3.63) is 29.8 Å². The summed E-state index contributed by atoms with van der Waals surface area (Å²) in [6, 6.07) is 8.02. The van der Waals surface area contributed by atoms with Crippen LogP contribution in [0.3, 0.4) is 0 Å². The molecule has 0 unspecified atom stereocenters. The van der Waals surface area contributed by atoms with E-state index in [0.29, 0.717) is 13.2 Å². The van der Waals surface area contributed by atoms with Gasteiger partial charge in [0.2, 0.25) is 0 Å². The van der Waals surface area contributed by atoms with E-state index in [0.717, 1.165) is 24.5 Å². The predicted molar refractivity (Wildman–Crippen MR) is 64.7 cm³/mol. The zero-order valence-corrected chi connectivity index (χ0v) is 10.4. The average Bonchev–Trinajstić information content (AvgIpc) is 2.32. The minimum atomic E-state index is 0.181. The summed E-state index contributed by atoms with van der Waals surface area (Å²) in [6.45, 7) is 5.13. The van der Waals surface area contributed by atoms with Gasteiger partial charge in [0.05, 0.1) is 26.9 Å². The molecule has 0 amide bonds. The molecule has 0 saturated carbocycles. The van der Waals surface area contributed by atoms with Crippen molar-refractivity contribution in [2.45, 2.75) is 13.5 Å². The van der Waals surface area contributed by atoms with Crippen LogP contribution in [-0.4, -0.2) is 26.9 Å². The highest BCUT2D eigenvalue weighted by Gasteiger charge is 2.34. The van der Waals surface area contributed by atoms with Crippen LogP contribution in [-0.2, 0) is 16.1 Å². The van der Waals surface area contributed by atoms with Gasteiger partial charge in [-0.2, -0.15) is 5.48 Å². The maximum Gasteiger partial charge on any atom is 0.119 e. The van der Waals surface area contributed by atoms with Gasteiger partial charge in [0.25, 0.3) is 0 Å². The molecular weight excluding hydrogens is 218 g/mol. The van der Waals surface area contributed by atoms with Crippen LogP contribution in [0.5, 0.6) is 5.75 Å². The lowest BCUT2D eigenvalue weighted by Crippen LogP contribution is -2.44. The quantitative estimate of drug-likeness (QED) is 0.765. The van der Waals surface area contributed by atoms with E-state index in [9.17, 15) is 0 Å². The third-order valence-corrected chi connectivity index (χ3v) is 2.81. The molecule has 1 aliphatic rings. The van der Waals surface area contributed by atoms with Gasteiger partial charge in [0, 0.05) is 12.0 Å². The lowest BCUT2D eigenvalue weighted by atomic mass is 9.90. The Bertz CT molecular complexity index is 363. The summed E-state index contributed by atoms with van der Waals surface area (Å²) < 4.78 is 11.0. The van der Waals surface area contributed by atoms with Gasteiger partial charge in [-0.25, -0.2) is 0 Å². The molecule has 4 heteroatoms. The number of ether oxygens (including phenoxy) is 2. The van der Waals surface area contributed by atoms with Crippen molar-refractivity contribution in [2.75, 3.05) is 26.9 Å². The zero-order chi connectivity index (χ0) is 12.1. The summed E-state index contributed by atoms with van der Waals surface area (Å²) >= 11 is 0. The average molecular weight is 237 g/mol. The number of benzene rings is 1. The largest absolute Gasteiger partial charge is 0.493 e. The Balaban J connectivity index is 1.87. The molecule has 1 fully saturated rings. The SMILES string of the molecule is CONCc1cccc(OCC2(C)COC2)c1. The first-order valence-corrected chi connectivity index (χ1v) is 5.77. The lowest BCUT2D eigenvalue weighted by Gasteiger charge is -2.37. The molecule has 1 heterocycles. The van der Waals surface area contributed by atoms with Crippen molar-refractivity contribution in [3.63, 3.8) is 0 Å². The molecule has 0 spiro atoms. The maximum absolute atomic E-state index is 5.78. The van der Waals surface area contributed by atoms with E-state index < -0.39 is 0 Å². The summed E-state index contributed by atoms with van der Waals surface area (Å²) in [4.78, 5) is 4.82. The second kappa shape index (κ2) is 5.49. The minimum absolute atomic E-state index is 0.181. The van der Waals surface area contributed by atoms with Crippen LogP contribution in [0.15, 0.2) is 24.3 Å². The molecule has 4 nitrogen and oxygen atoms in total. The topological polar surface area (TPSA) is 39.7 Å². The highest BCUT2D eigenvalue weighted by Crippen LogP contribution is 2.27. The van der Waals surface area contributed by atoms with Gasteiger partial charge in [-0.15, -0.1) is 0 Å². The fourth-order valence-corrected chi connectivity index (χ4v) is 1.69. The van der Waals surface area contributed by atoms with Crippen LogP contribution >= 0.6 is 0 Å². The molecule has 0 bridgehead atoms.